The molecule has 0 aliphatic carbocycles. The number of aromatic nitrogens is 1. The highest BCUT2D eigenvalue weighted by Crippen LogP contribution is 2.26. The molecular weight excluding hydrogens is 172 g/mol. The van der Waals surface area contributed by atoms with E-state index in [-0.39, 0.29) is 0 Å². The van der Waals surface area contributed by atoms with Crippen LogP contribution in [-0.4, -0.2) is 23.4 Å². The molecule has 1 aliphatic heterocycles. The van der Waals surface area contributed by atoms with Crippen molar-refractivity contribution in [3.05, 3.63) is 18.3 Å². The fourth-order valence-corrected chi connectivity index (χ4v) is 1.94. The van der Waals surface area contributed by atoms with Crippen LogP contribution in [0.15, 0.2) is 23.4 Å². The van der Waals surface area contributed by atoms with Gasteiger partial charge in [-0.1, -0.05) is 11.8 Å². The normalized spacial score (nSPS) is 17.3. The molecule has 0 unspecified atom stereocenters. The summed E-state index contributed by atoms with van der Waals surface area (Å²) in [7, 11) is 0. The van der Waals surface area contributed by atoms with Crippen molar-refractivity contribution < 1.29 is 4.74 Å². The minimum Gasteiger partial charge on any atom is -0.399 e. The second-order valence-corrected chi connectivity index (χ2v) is 4.03. The molecule has 0 aromatic carbocycles. The maximum absolute atomic E-state index is 5.61. The summed E-state index contributed by atoms with van der Waals surface area (Å²) in [6.45, 7) is 1.67. The predicted molar refractivity (Wildman–Crippen MR) is 49.1 cm³/mol. The van der Waals surface area contributed by atoms with Crippen molar-refractivity contribution in [2.45, 2.75) is 10.3 Å². The fraction of sp³-hybridized carbons (Fsp3) is 0.375. The molecule has 0 spiro atoms. The maximum Gasteiger partial charge on any atom is 0.0984 e. The number of rotatable bonds is 2. The zero-order chi connectivity index (χ0) is 8.39. The van der Waals surface area contributed by atoms with Crippen molar-refractivity contribution in [3.63, 3.8) is 0 Å². The van der Waals surface area contributed by atoms with Gasteiger partial charge in [-0.15, -0.1) is 0 Å². The number of ether oxygens (including phenoxy) is 1. The molecule has 1 fully saturated rings. The van der Waals surface area contributed by atoms with Gasteiger partial charge in [0.2, 0.25) is 0 Å². The average Bonchev–Trinajstić information content (AvgIpc) is 1.97. The third kappa shape index (κ3) is 1.70. The van der Waals surface area contributed by atoms with Gasteiger partial charge in [-0.2, -0.15) is 0 Å². The van der Waals surface area contributed by atoms with Crippen LogP contribution in [0.4, 0.5) is 5.69 Å². The molecule has 2 N–H and O–H groups in total. The molecular formula is C8H10N2OS. The van der Waals surface area contributed by atoms with E-state index < -0.39 is 0 Å². The van der Waals surface area contributed by atoms with Crippen LogP contribution in [0.2, 0.25) is 0 Å². The quantitative estimate of drug-likeness (QED) is 0.745. The molecule has 2 rings (SSSR count). The number of hydrogen-bond donors (Lipinski definition) is 1. The zero-order valence-corrected chi connectivity index (χ0v) is 7.38. The van der Waals surface area contributed by atoms with E-state index >= 15 is 0 Å². The van der Waals surface area contributed by atoms with Gasteiger partial charge in [-0.25, -0.2) is 4.98 Å². The van der Waals surface area contributed by atoms with Gasteiger partial charge in [-0.3, -0.25) is 0 Å². The summed E-state index contributed by atoms with van der Waals surface area (Å²) < 4.78 is 5.06. The molecule has 1 saturated heterocycles. The molecule has 1 aromatic heterocycles. The van der Waals surface area contributed by atoms with Crippen molar-refractivity contribution in [2.75, 3.05) is 18.9 Å². The minimum absolute atomic E-state index is 0.569. The summed E-state index contributed by atoms with van der Waals surface area (Å²) in [5.74, 6) is 0. The molecule has 1 aliphatic rings. The van der Waals surface area contributed by atoms with E-state index in [0.717, 1.165) is 23.9 Å². The van der Waals surface area contributed by atoms with E-state index in [0.29, 0.717) is 5.25 Å². The lowest BCUT2D eigenvalue weighted by atomic mass is 10.4. The number of thioether (sulfide) groups is 1. The number of nitrogens with zero attached hydrogens (tertiary/aromatic N) is 1. The van der Waals surface area contributed by atoms with Crippen LogP contribution < -0.4 is 5.73 Å². The number of nitrogen functional groups attached to an aromatic ring is 1. The Morgan fingerprint density at radius 3 is 3.00 bits per heavy atom. The summed E-state index contributed by atoms with van der Waals surface area (Å²) in [6, 6.07) is 3.68. The monoisotopic (exact) mass is 182 g/mol. The Kier molecular flexibility index (Phi) is 2.19. The molecule has 3 nitrogen and oxygen atoms in total. The third-order valence-electron chi connectivity index (χ3n) is 1.65. The highest BCUT2D eigenvalue weighted by Gasteiger charge is 2.19. The van der Waals surface area contributed by atoms with Gasteiger partial charge in [0.25, 0.3) is 0 Å². The predicted octanol–water partition coefficient (Wildman–Crippen LogP) is 1.15. The average molecular weight is 182 g/mol. The van der Waals surface area contributed by atoms with E-state index in [1.807, 2.05) is 6.07 Å². The first kappa shape index (κ1) is 7.89. The first-order valence-corrected chi connectivity index (χ1v) is 4.68. The number of anilines is 1. The summed E-state index contributed by atoms with van der Waals surface area (Å²) in [6.07, 6.45) is 1.73. The van der Waals surface area contributed by atoms with Crippen molar-refractivity contribution in [2.24, 2.45) is 0 Å². The topological polar surface area (TPSA) is 48.1 Å². The molecule has 0 radical (unpaired) electrons. The Balaban J connectivity index is 2.02. The van der Waals surface area contributed by atoms with Crippen molar-refractivity contribution >= 4 is 17.4 Å². The Hall–Kier alpha value is -0.740. The molecule has 64 valence electrons. The maximum atomic E-state index is 5.61. The van der Waals surface area contributed by atoms with Gasteiger partial charge in [0, 0.05) is 11.9 Å². The SMILES string of the molecule is Nc1ccnc(SC2COC2)c1. The second-order valence-electron chi connectivity index (χ2n) is 2.70. The fourth-order valence-electron chi connectivity index (χ4n) is 0.942. The van der Waals surface area contributed by atoms with Crippen LogP contribution in [0.1, 0.15) is 0 Å². The van der Waals surface area contributed by atoms with Gasteiger partial charge in [0.1, 0.15) is 0 Å². The first-order valence-electron chi connectivity index (χ1n) is 3.80. The third-order valence-corrected chi connectivity index (χ3v) is 2.72. The highest BCUT2D eigenvalue weighted by atomic mass is 32.2. The minimum atomic E-state index is 0.569. The van der Waals surface area contributed by atoms with Crippen molar-refractivity contribution in [3.8, 4) is 0 Å². The zero-order valence-electron chi connectivity index (χ0n) is 6.56. The smallest absolute Gasteiger partial charge is 0.0984 e. The molecule has 2 heterocycles. The molecule has 1 aromatic rings. The van der Waals surface area contributed by atoms with Crippen molar-refractivity contribution in [1.29, 1.82) is 0 Å². The van der Waals surface area contributed by atoms with E-state index in [2.05, 4.69) is 4.98 Å². The summed E-state index contributed by atoms with van der Waals surface area (Å²) in [4.78, 5) is 4.19. The Morgan fingerprint density at radius 2 is 2.42 bits per heavy atom. The lowest BCUT2D eigenvalue weighted by Crippen LogP contribution is -2.30. The Labute approximate surface area is 75.3 Å². The highest BCUT2D eigenvalue weighted by molar-refractivity contribution is 8.00. The standard InChI is InChI=1S/C8H10N2OS/c9-6-1-2-10-8(3-6)12-7-4-11-5-7/h1-3,7H,4-5H2,(H2,9,10). The molecule has 0 amide bonds. The van der Waals surface area contributed by atoms with Crippen LogP contribution in [0.3, 0.4) is 0 Å². The Bertz CT molecular complexity index is 276. The van der Waals surface area contributed by atoms with Gasteiger partial charge in [0.15, 0.2) is 0 Å². The van der Waals surface area contributed by atoms with Crippen LogP contribution >= 0.6 is 11.8 Å². The summed E-state index contributed by atoms with van der Waals surface area (Å²) in [5, 5.41) is 1.56. The number of pyridine rings is 1. The van der Waals surface area contributed by atoms with Crippen LogP contribution in [-0.2, 0) is 4.74 Å². The molecule has 4 heteroatoms. The van der Waals surface area contributed by atoms with Gasteiger partial charge >= 0.3 is 0 Å². The Morgan fingerprint density at radius 1 is 1.58 bits per heavy atom. The number of nitrogens with two attached hydrogens (primary N) is 1. The van der Waals surface area contributed by atoms with E-state index in [4.69, 9.17) is 10.5 Å². The van der Waals surface area contributed by atoms with E-state index in [9.17, 15) is 0 Å². The van der Waals surface area contributed by atoms with Gasteiger partial charge < -0.3 is 10.5 Å². The van der Waals surface area contributed by atoms with Gasteiger partial charge in [0.05, 0.1) is 23.5 Å². The second kappa shape index (κ2) is 3.33. The summed E-state index contributed by atoms with van der Waals surface area (Å²) >= 11 is 1.73. The van der Waals surface area contributed by atoms with Gasteiger partial charge in [-0.05, 0) is 12.1 Å². The molecule has 0 bridgehead atoms. The number of hydrogen-bond acceptors (Lipinski definition) is 4. The van der Waals surface area contributed by atoms with Crippen LogP contribution in [0.5, 0.6) is 0 Å². The largest absolute Gasteiger partial charge is 0.399 e. The lowest BCUT2D eigenvalue weighted by Gasteiger charge is -2.24. The van der Waals surface area contributed by atoms with Crippen LogP contribution in [0.25, 0.3) is 0 Å². The lowest BCUT2D eigenvalue weighted by molar-refractivity contribution is 0.0454. The van der Waals surface area contributed by atoms with Crippen LogP contribution in [0, 0.1) is 0 Å². The molecule has 0 atom stereocenters. The van der Waals surface area contributed by atoms with Crippen molar-refractivity contribution in [1.82, 2.24) is 4.98 Å². The molecule has 0 saturated carbocycles. The van der Waals surface area contributed by atoms with E-state index in [1.165, 1.54) is 0 Å². The first-order chi connectivity index (χ1) is 5.84. The summed E-state index contributed by atoms with van der Waals surface area (Å²) in [5.41, 5.74) is 6.38. The van der Waals surface area contributed by atoms with E-state index in [1.54, 1.807) is 24.0 Å². The molecule has 12 heavy (non-hydrogen) atoms.